The maximum atomic E-state index is 6.68. The Morgan fingerprint density at radius 2 is 1.16 bits per heavy atom. The minimum Gasteiger partial charge on any atom is -0.456 e. The summed E-state index contributed by atoms with van der Waals surface area (Å²) in [5.41, 5.74) is 10.6. The fraction of sp³-hybridized carbons (Fsp3) is 0.0196. The molecular formula is C51H32N4OS. The van der Waals surface area contributed by atoms with Gasteiger partial charge in [0, 0.05) is 47.5 Å². The Morgan fingerprint density at radius 1 is 0.509 bits per heavy atom. The smallest absolute Gasteiger partial charge is 0.159 e. The quantitative estimate of drug-likeness (QED) is 0.191. The van der Waals surface area contributed by atoms with E-state index in [-0.39, 0.29) is 6.17 Å². The number of hydrogen-bond donors (Lipinski definition) is 1. The van der Waals surface area contributed by atoms with Crippen molar-refractivity contribution in [3.63, 3.8) is 0 Å². The van der Waals surface area contributed by atoms with Crippen molar-refractivity contribution in [2.75, 3.05) is 0 Å². The van der Waals surface area contributed by atoms with Gasteiger partial charge in [-0.25, -0.2) is 9.98 Å². The number of amidine groups is 2. The summed E-state index contributed by atoms with van der Waals surface area (Å²) in [6.45, 7) is 0. The Bertz CT molecular complexity index is 3390. The van der Waals surface area contributed by atoms with Crippen LogP contribution in [-0.2, 0) is 0 Å². The summed E-state index contributed by atoms with van der Waals surface area (Å²) < 4.78 is 11.5. The van der Waals surface area contributed by atoms with E-state index in [1.165, 1.54) is 47.5 Å². The summed E-state index contributed by atoms with van der Waals surface area (Å²) in [5.74, 6) is 1.53. The zero-order valence-corrected chi connectivity index (χ0v) is 31.4. The van der Waals surface area contributed by atoms with E-state index in [9.17, 15) is 0 Å². The second kappa shape index (κ2) is 12.6. The Labute approximate surface area is 331 Å². The molecule has 4 heterocycles. The molecule has 5 nitrogen and oxygen atoms in total. The number of rotatable bonds is 5. The van der Waals surface area contributed by atoms with E-state index >= 15 is 0 Å². The number of hydrogen-bond acceptors (Lipinski definition) is 5. The van der Waals surface area contributed by atoms with E-state index in [4.69, 9.17) is 14.4 Å². The summed E-state index contributed by atoms with van der Waals surface area (Å²) in [6.07, 6.45) is -0.253. The Balaban J connectivity index is 1.05. The lowest BCUT2D eigenvalue weighted by Crippen LogP contribution is -2.33. The van der Waals surface area contributed by atoms with Gasteiger partial charge in [0.2, 0.25) is 0 Å². The second-order valence-corrected chi connectivity index (χ2v) is 15.6. The van der Waals surface area contributed by atoms with Crippen LogP contribution in [0.2, 0.25) is 0 Å². The minimum absolute atomic E-state index is 0.253. The van der Waals surface area contributed by atoms with E-state index < -0.39 is 0 Å². The topological polar surface area (TPSA) is 54.8 Å². The molecule has 0 fully saturated rings. The van der Waals surface area contributed by atoms with E-state index in [2.05, 4.69) is 168 Å². The van der Waals surface area contributed by atoms with Crippen LogP contribution in [0.3, 0.4) is 0 Å². The van der Waals surface area contributed by atoms with Gasteiger partial charge in [0.05, 0.1) is 22.1 Å². The number of para-hydroxylation sites is 2. The van der Waals surface area contributed by atoms with Gasteiger partial charge in [-0.1, -0.05) is 140 Å². The number of thiophene rings is 1. The zero-order chi connectivity index (χ0) is 37.5. The molecular weight excluding hydrogens is 717 g/mol. The number of fused-ring (bicyclic) bond motifs is 9. The van der Waals surface area contributed by atoms with Crippen LogP contribution >= 0.6 is 11.3 Å². The normalized spacial score (nSPS) is 14.5. The fourth-order valence-corrected chi connectivity index (χ4v) is 9.93. The minimum atomic E-state index is -0.253. The lowest BCUT2D eigenvalue weighted by atomic mass is 9.94. The van der Waals surface area contributed by atoms with Crippen molar-refractivity contribution < 1.29 is 4.42 Å². The van der Waals surface area contributed by atoms with E-state index in [1.807, 2.05) is 35.6 Å². The molecule has 6 heteroatoms. The molecule has 1 aliphatic rings. The average Bonchev–Trinajstić information content (AvgIpc) is 3.96. The van der Waals surface area contributed by atoms with Crippen molar-refractivity contribution in [1.29, 1.82) is 0 Å². The van der Waals surface area contributed by atoms with Crippen molar-refractivity contribution in [3.8, 4) is 16.8 Å². The summed E-state index contributed by atoms with van der Waals surface area (Å²) in [4.78, 5) is 10.3. The number of benzene rings is 8. The van der Waals surface area contributed by atoms with Crippen LogP contribution in [0.15, 0.2) is 196 Å². The molecule has 0 aliphatic carbocycles. The Hall–Kier alpha value is -7.28. The number of nitrogens with zero attached hydrogens (tertiary/aromatic N) is 3. The predicted octanol–water partition coefficient (Wildman–Crippen LogP) is 13.2. The Kier molecular flexibility index (Phi) is 7.09. The van der Waals surface area contributed by atoms with Crippen LogP contribution in [0.25, 0.3) is 80.7 Å². The number of aliphatic imine (C=N–C) groups is 2. The average molecular weight is 749 g/mol. The SMILES string of the molecule is c1ccc(C2=NC(c3ccc4c(c3)sc3cccc(-c5cccc6oc7cccc(-n8c9ccccc9c9ccccc98)c7c56)c34)=NC(c3ccccc3)N2)cc1. The molecule has 1 N–H and O–H groups in total. The van der Waals surface area contributed by atoms with E-state index in [1.54, 1.807) is 0 Å². The van der Waals surface area contributed by atoms with Crippen molar-refractivity contribution in [1.82, 2.24) is 9.88 Å². The lowest BCUT2D eigenvalue weighted by molar-refractivity contribution is 0.669. The van der Waals surface area contributed by atoms with Crippen molar-refractivity contribution in [2.45, 2.75) is 6.17 Å². The molecule has 0 bridgehead atoms. The first kappa shape index (κ1) is 32.0. The molecule has 0 radical (unpaired) electrons. The lowest BCUT2D eigenvalue weighted by Gasteiger charge is -2.23. The van der Waals surface area contributed by atoms with Gasteiger partial charge in [0.25, 0.3) is 0 Å². The van der Waals surface area contributed by atoms with E-state index in [0.29, 0.717) is 5.84 Å². The third kappa shape index (κ3) is 5.01. The number of aromatic nitrogens is 1. The first-order valence-electron chi connectivity index (χ1n) is 19.2. The fourth-order valence-electron chi connectivity index (χ4n) is 8.76. The molecule has 1 atom stereocenters. The van der Waals surface area contributed by atoms with Gasteiger partial charge in [0.1, 0.15) is 23.2 Å². The highest BCUT2D eigenvalue weighted by Crippen LogP contribution is 2.46. The highest BCUT2D eigenvalue weighted by molar-refractivity contribution is 7.26. The highest BCUT2D eigenvalue weighted by Gasteiger charge is 2.24. The molecule has 11 aromatic rings. The molecule has 1 aliphatic heterocycles. The number of furan rings is 1. The summed E-state index contributed by atoms with van der Waals surface area (Å²) >= 11 is 1.81. The monoisotopic (exact) mass is 748 g/mol. The molecule has 57 heavy (non-hydrogen) atoms. The molecule has 0 saturated carbocycles. The van der Waals surface area contributed by atoms with Gasteiger partial charge in [-0.05, 0) is 59.2 Å². The molecule has 1 unspecified atom stereocenters. The van der Waals surface area contributed by atoms with Gasteiger partial charge >= 0.3 is 0 Å². The third-order valence-corrected chi connectivity index (χ3v) is 12.4. The largest absolute Gasteiger partial charge is 0.456 e. The van der Waals surface area contributed by atoms with Crippen molar-refractivity contribution >= 4 is 86.9 Å². The van der Waals surface area contributed by atoms with Crippen LogP contribution in [-0.4, -0.2) is 16.2 Å². The predicted molar refractivity (Wildman–Crippen MR) is 238 cm³/mol. The molecule has 3 aromatic heterocycles. The van der Waals surface area contributed by atoms with E-state index in [0.717, 1.165) is 55.7 Å². The second-order valence-electron chi connectivity index (χ2n) is 14.5. The standard InChI is InChI=1S/C51H32N4OS/c1-3-14-31(15-4-1)49-52-50(32-16-5-2-6-17-32)54-51(53-49)33-28-29-38-45(30-33)57-44-27-12-21-36(46(38)44)37-20-11-25-42-47(37)48-41(24-13-26-43(48)56-42)55-39-22-9-7-18-34(39)35-19-8-10-23-40(35)55/h1-30,49H,(H,52,53,54). The van der Waals surface area contributed by atoms with Crippen LogP contribution in [0, 0.1) is 0 Å². The first-order valence-corrected chi connectivity index (χ1v) is 20.0. The van der Waals surface area contributed by atoms with Gasteiger partial charge in [0.15, 0.2) is 5.84 Å². The maximum Gasteiger partial charge on any atom is 0.159 e. The molecule has 268 valence electrons. The van der Waals surface area contributed by atoms with Crippen LogP contribution in [0.1, 0.15) is 22.9 Å². The highest BCUT2D eigenvalue weighted by atomic mass is 32.1. The molecule has 0 spiro atoms. The van der Waals surface area contributed by atoms with Gasteiger partial charge in [-0.2, -0.15) is 0 Å². The van der Waals surface area contributed by atoms with Gasteiger partial charge < -0.3 is 14.3 Å². The van der Waals surface area contributed by atoms with Crippen molar-refractivity contribution in [2.24, 2.45) is 9.98 Å². The molecule has 8 aromatic carbocycles. The molecule has 0 saturated heterocycles. The molecule has 12 rings (SSSR count). The summed E-state index contributed by atoms with van der Waals surface area (Å²) in [6, 6.07) is 64.3. The van der Waals surface area contributed by atoms with Crippen LogP contribution in [0.5, 0.6) is 0 Å². The Morgan fingerprint density at radius 3 is 1.93 bits per heavy atom. The van der Waals surface area contributed by atoms with Crippen LogP contribution < -0.4 is 5.32 Å². The number of nitrogens with one attached hydrogen (secondary N) is 1. The zero-order valence-electron chi connectivity index (χ0n) is 30.6. The first-order chi connectivity index (χ1) is 28.3. The van der Waals surface area contributed by atoms with Crippen LogP contribution in [0.4, 0.5) is 0 Å². The molecule has 0 amide bonds. The van der Waals surface area contributed by atoms with Crippen molar-refractivity contribution in [3.05, 3.63) is 199 Å². The van der Waals surface area contributed by atoms with Gasteiger partial charge in [-0.15, -0.1) is 11.3 Å². The summed E-state index contributed by atoms with van der Waals surface area (Å²) in [5, 5.41) is 10.7. The van der Waals surface area contributed by atoms with Gasteiger partial charge in [-0.3, -0.25) is 0 Å². The summed E-state index contributed by atoms with van der Waals surface area (Å²) in [7, 11) is 0. The maximum absolute atomic E-state index is 6.68. The third-order valence-electron chi connectivity index (χ3n) is 11.3.